The lowest BCUT2D eigenvalue weighted by Gasteiger charge is -2.23. The molecule has 0 rings (SSSR count). The molecule has 12 heavy (non-hydrogen) atoms. The Labute approximate surface area is 98.6 Å². The lowest BCUT2D eigenvalue weighted by atomic mass is 10.5. The first-order valence-electron chi connectivity index (χ1n) is 3.64. The number of hydrogen-bond acceptors (Lipinski definition) is 2. The zero-order valence-electron chi connectivity index (χ0n) is 8.05. The van der Waals surface area contributed by atoms with Gasteiger partial charge in [0.1, 0.15) is 6.54 Å². The molecule has 0 bridgehead atoms. The Bertz CT molecular complexity index is 88.0. The van der Waals surface area contributed by atoms with E-state index in [1.165, 1.54) is 0 Å². The van der Waals surface area contributed by atoms with E-state index in [0.29, 0.717) is 13.2 Å². The maximum atomic E-state index is 5.25. The molecule has 0 atom stereocenters. The first kappa shape index (κ1) is 18.6. The van der Waals surface area contributed by atoms with Crippen molar-refractivity contribution < 1.29 is 33.2 Å². The van der Waals surface area contributed by atoms with Gasteiger partial charge in [-0.1, -0.05) is 0 Å². The Kier molecular flexibility index (Phi) is 15.5. The van der Waals surface area contributed by atoms with Gasteiger partial charge in [-0.3, -0.25) is 0 Å². The van der Waals surface area contributed by atoms with Crippen LogP contribution < -0.4 is 29.7 Å². The Morgan fingerprint density at radius 1 is 1.17 bits per heavy atom. The van der Waals surface area contributed by atoms with E-state index in [0.717, 1.165) is 17.6 Å². The summed E-state index contributed by atoms with van der Waals surface area (Å²) in [6.45, 7) is 3.15. The highest BCUT2D eigenvalue weighted by molar-refractivity contribution is 5.85. The molecule has 0 amide bonds. The van der Waals surface area contributed by atoms with E-state index in [1.807, 2.05) is 0 Å². The van der Waals surface area contributed by atoms with Crippen LogP contribution in [-0.4, -0.2) is 51.9 Å². The topological polar surface area (TPSA) is 35.2 Å². The van der Waals surface area contributed by atoms with Gasteiger partial charge in [0.15, 0.2) is 0 Å². The van der Waals surface area contributed by atoms with Crippen LogP contribution in [0.1, 0.15) is 0 Å². The van der Waals surface area contributed by atoms with Crippen molar-refractivity contribution >= 4 is 12.4 Å². The van der Waals surface area contributed by atoms with Crippen LogP contribution in [0.3, 0.4) is 0 Å². The van der Waals surface area contributed by atoms with Crippen LogP contribution in [0.2, 0.25) is 0 Å². The number of halogens is 2. The zero-order chi connectivity index (χ0) is 8.04. The van der Waals surface area contributed by atoms with Gasteiger partial charge in [-0.25, -0.2) is 0 Å². The molecule has 0 aliphatic rings. The lowest BCUT2D eigenvalue weighted by molar-refractivity contribution is -0.870. The van der Waals surface area contributed by atoms with Crippen molar-refractivity contribution in [1.82, 2.24) is 0 Å². The minimum atomic E-state index is 0. The van der Waals surface area contributed by atoms with Crippen LogP contribution in [0.5, 0.6) is 0 Å². The molecule has 0 spiro atoms. The highest BCUT2D eigenvalue weighted by Gasteiger charge is 2.04. The van der Waals surface area contributed by atoms with Crippen molar-refractivity contribution in [3.63, 3.8) is 0 Å². The molecule has 0 aromatic rings. The monoisotopic (exact) mass is 310 g/mol. The van der Waals surface area contributed by atoms with Gasteiger partial charge < -0.3 is 38.9 Å². The summed E-state index contributed by atoms with van der Waals surface area (Å²) in [6.07, 6.45) is 0. The van der Waals surface area contributed by atoms with Gasteiger partial charge in [0, 0.05) is 6.54 Å². The average Bonchev–Trinajstić information content (AvgIpc) is 1.78. The highest BCUT2D eigenvalue weighted by Crippen LogP contribution is 1.88. The van der Waals surface area contributed by atoms with Crippen molar-refractivity contribution in [1.29, 1.82) is 0 Å². The summed E-state index contributed by atoms with van der Waals surface area (Å²) in [5.74, 6) is 0. The van der Waals surface area contributed by atoms with Gasteiger partial charge in [0.2, 0.25) is 0 Å². The third-order valence-electron chi connectivity index (χ3n) is 1.17. The van der Waals surface area contributed by atoms with E-state index < -0.39 is 0 Å². The first-order valence-corrected chi connectivity index (χ1v) is 3.64. The summed E-state index contributed by atoms with van der Waals surface area (Å²) >= 11 is 0. The summed E-state index contributed by atoms with van der Waals surface area (Å²) < 4.78 is 6.17. The van der Waals surface area contributed by atoms with Crippen LogP contribution in [0.25, 0.3) is 0 Å². The maximum Gasteiger partial charge on any atom is 0.102 e. The number of hydrogen-bond donors (Lipinski definition) is 1. The molecule has 0 aliphatic carbocycles. The molecule has 0 radical (unpaired) electrons. The van der Waals surface area contributed by atoms with E-state index >= 15 is 0 Å². The second kappa shape index (κ2) is 9.98. The van der Waals surface area contributed by atoms with Crippen molar-refractivity contribution in [3.8, 4) is 0 Å². The molecule has 78 valence electrons. The Morgan fingerprint density at radius 2 is 1.67 bits per heavy atom. The van der Waals surface area contributed by atoms with E-state index in [-0.39, 0.29) is 36.4 Å². The van der Waals surface area contributed by atoms with Crippen LogP contribution in [0.15, 0.2) is 0 Å². The van der Waals surface area contributed by atoms with E-state index in [4.69, 9.17) is 10.5 Å². The summed E-state index contributed by atoms with van der Waals surface area (Å²) in [5, 5.41) is 0. The molecule has 0 saturated carbocycles. The number of nitrogens with zero attached hydrogens (tertiary/aromatic N) is 1. The molecule has 5 heteroatoms. The molecular formula is C7H20ClIN2O. The fraction of sp³-hybridized carbons (Fsp3) is 1.00. The molecule has 0 aromatic carbocycles. The molecule has 0 aromatic heterocycles. The van der Waals surface area contributed by atoms with Crippen molar-refractivity contribution in [2.75, 3.05) is 47.4 Å². The molecule has 2 N–H and O–H groups in total. The summed E-state index contributed by atoms with van der Waals surface area (Å²) in [5.41, 5.74) is 5.25. The Balaban J connectivity index is -0.000000405. The smallest absolute Gasteiger partial charge is 0.102 e. The summed E-state index contributed by atoms with van der Waals surface area (Å²) in [4.78, 5) is 0. The van der Waals surface area contributed by atoms with Gasteiger partial charge >= 0.3 is 0 Å². The average molecular weight is 311 g/mol. The maximum absolute atomic E-state index is 5.25. The molecule has 3 nitrogen and oxygen atoms in total. The highest BCUT2D eigenvalue weighted by atomic mass is 127. The first-order chi connectivity index (χ1) is 4.56. The number of ether oxygens (including phenoxy) is 1. The third-order valence-corrected chi connectivity index (χ3v) is 1.17. The molecule has 0 fully saturated rings. The SMILES string of the molecule is C[N+](C)(C)CCOCCN.Cl.[I-]. The molecule has 0 unspecified atom stereocenters. The van der Waals surface area contributed by atoms with E-state index in [2.05, 4.69) is 21.1 Å². The third kappa shape index (κ3) is 17.1. The summed E-state index contributed by atoms with van der Waals surface area (Å²) in [7, 11) is 6.43. The second-order valence-corrected chi connectivity index (χ2v) is 3.41. The van der Waals surface area contributed by atoms with Crippen LogP contribution in [-0.2, 0) is 4.74 Å². The quantitative estimate of drug-likeness (QED) is 0.336. The van der Waals surface area contributed by atoms with Gasteiger partial charge in [-0.15, -0.1) is 12.4 Å². The van der Waals surface area contributed by atoms with Crippen molar-refractivity contribution in [2.45, 2.75) is 0 Å². The normalized spacial score (nSPS) is 10.0. The van der Waals surface area contributed by atoms with Crippen molar-refractivity contribution in [3.05, 3.63) is 0 Å². The Morgan fingerprint density at radius 3 is 2.00 bits per heavy atom. The van der Waals surface area contributed by atoms with Gasteiger partial charge in [0.05, 0.1) is 34.4 Å². The van der Waals surface area contributed by atoms with Crippen molar-refractivity contribution in [2.24, 2.45) is 5.73 Å². The lowest BCUT2D eigenvalue weighted by Crippen LogP contribution is -3.00. The predicted molar refractivity (Wildman–Crippen MR) is 50.0 cm³/mol. The number of quaternary nitrogens is 1. The Hall–Kier alpha value is 0.900. The second-order valence-electron chi connectivity index (χ2n) is 3.41. The number of nitrogens with two attached hydrogens (primary N) is 1. The fourth-order valence-corrected chi connectivity index (χ4v) is 0.524. The van der Waals surface area contributed by atoms with E-state index in [1.54, 1.807) is 0 Å². The molecule has 0 heterocycles. The summed E-state index contributed by atoms with van der Waals surface area (Å²) in [6, 6.07) is 0. The fourth-order valence-electron chi connectivity index (χ4n) is 0.524. The van der Waals surface area contributed by atoms with E-state index in [9.17, 15) is 0 Å². The largest absolute Gasteiger partial charge is 1.00 e. The van der Waals surface area contributed by atoms with Crippen LogP contribution >= 0.6 is 12.4 Å². The molecular weight excluding hydrogens is 290 g/mol. The van der Waals surface area contributed by atoms with Crippen LogP contribution in [0, 0.1) is 0 Å². The minimum Gasteiger partial charge on any atom is -1.00 e. The molecule has 0 aliphatic heterocycles. The number of likely N-dealkylation sites (N-methyl/N-ethyl adjacent to an activating group) is 1. The van der Waals surface area contributed by atoms with Gasteiger partial charge in [-0.2, -0.15) is 0 Å². The number of rotatable bonds is 5. The standard InChI is InChI=1S/C7H19N2O.ClH.HI/c1-9(2,3)5-7-10-6-4-8;;/h4-8H2,1-3H3;2*1H/q+1;;/p-1. The minimum absolute atomic E-state index is 0. The zero-order valence-corrected chi connectivity index (χ0v) is 11.0. The predicted octanol–water partition coefficient (Wildman–Crippen LogP) is -2.91. The van der Waals surface area contributed by atoms with Gasteiger partial charge in [-0.05, 0) is 0 Å². The molecule has 0 saturated heterocycles. The van der Waals surface area contributed by atoms with Crippen LogP contribution in [0.4, 0.5) is 0 Å². The van der Waals surface area contributed by atoms with Gasteiger partial charge in [0.25, 0.3) is 0 Å².